The summed E-state index contributed by atoms with van der Waals surface area (Å²) in [5, 5.41) is 11.3. The van der Waals surface area contributed by atoms with Gasteiger partial charge in [0.1, 0.15) is 22.3 Å². The van der Waals surface area contributed by atoms with Gasteiger partial charge < -0.3 is 13.4 Å². The summed E-state index contributed by atoms with van der Waals surface area (Å²) < 4.78 is 17.8. The van der Waals surface area contributed by atoms with E-state index in [0.717, 1.165) is 88.1 Å². The van der Waals surface area contributed by atoms with E-state index < -0.39 is 0 Å². The third kappa shape index (κ3) is 4.94. The Morgan fingerprint density at radius 2 is 0.919 bits per heavy atom. The lowest BCUT2D eigenvalue weighted by atomic mass is 10.0. The van der Waals surface area contributed by atoms with Crippen molar-refractivity contribution in [2.75, 3.05) is 0 Å². The molecule has 288 valence electrons. The Hall–Kier alpha value is -8.13. The van der Waals surface area contributed by atoms with Gasteiger partial charge in [-0.1, -0.05) is 115 Å². The van der Waals surface area contributed by atoms with Crippen LogP contribution in [0.15, 0.2) is 191 Å². The van der Waals surface area contributed by atoms with Crippen LogP contribution in [0, 0.1) is 0 Å². The number of para-hydroxylation sites is 3. The number of thiophene rings is 1. The summed E-state index contributed by atoms with van der Waals surface area (Å²) in [6, 6.07) is 63.9. The highest BCUT2D eigenvalue weighted by Crippen LogP contribution is 2.43. The van der Waals surface area contributed by atoms with Crippen LogP contribution < -0.4 is 0 Å². The van der Waals surface area contributed by atoms with Crippen LogP contribution in [0.4, 0.5) is 0 Å². The number of nitrogens with zero attached hydrogens (tertiary/aromatic N) is 4. The summed E-state index contributed by atoms with van der Waals surface area (Å²) in [4.78, 5) is 16.1. The second-order valence-electron chi connectivity index (χ2n) is 16.0. The largest absolute Gasteiger partial charge is 0.456 e. The normalized spacial score (nSPS) is 12.2. The van der Waals surface area contributed by atoms with Crippen molar-refractivity contribution >= 4 is 108 Å². The lowest BCUT2D eigenvalue weighted by molar-refractivity contribution is 0.668. The van der Waals surface area contributed by atoms with E-state index in [1.807, 2.05) is 30.3 Å². The van der Waals surface area contributed by atoms with Crippen molar-refractivity contribution in [1.29, 1.82) is 0 Å². The predicted octanol–water partition coefficient (Wildman–Crippen LogP) is 15.3. The maximum Gasteiger partial charge on any atom is 0.166 e. The number of benzene rings is 9. The van der Waals surface area contributed by atoms with Crippen molar-refractivity contribution in [3.05, 3.63) is 182 Å². The number of fused-ring (bicyclic) bond motifs is 13. The van der Waals surface area contributed by atoms with E-state index in [0.29, 0.717) is 17.5 Å². The zero-order chi connectivity index (χ0) is 40.5. The summed E-state index contributed by atoms with van der Waals surface area (Å²) >= 11 is 1.78. The maximum atomic E-state index is 6.62. The fourth-order valence-corrected chi connectivity index (χ4v) is 10.7. The van der Waals surface area contributed by atoms with Crippen LogP contribution in [0.1, 0.15) is 0 Å². The first kappa shape index (κ1) is 33.7. The maximum absolute atomic E-state index is 6.62. The van der Waals surface area contributed by atoms with Crippen LogP contribution in [0.3, 0.4) is 0 Å². The highest BCUT2D eigenvalue weighted by Gasteiger charge is 2.23. The predicted molar refractivity (Wildman–Crippen MR) is 255 cm³/mol. The SMILES string of the molecule is c1ccc2cc3c(cc2c1)c1ccccc1n3-c1cc2oc3ccccc3c2cc1-c1nc(-c2ccc3c(c2)oc2ccccc23)nc(-c2ccc3c(c2)sc2ccccc23)n1. The van der Waals surface area contributed by atoms with Gasteiger partial charge in [0.05, 0.1) is 16.7 Å². The average Bonchev–Trinajstić information content (AvgIpc) is 4.08. The van der Waals surface area contributed by atoms with Gasteiger partial charge in [-0.25, -0.2) is 15.0 Å². The second kappa shape index (κ2) is 12.7. The molecule has 0 N–H and O–H groups in total. The monoisotopic (exact) mass is 810 g/mol. The molecular formula is C55H30N4O2S. The smallest absolute Gasteiger partial charge is 0.166 e. The standard InChI is InChI=1S/C55H30N4O2S/c1-2-12-32-26-45-41(25-31(32)11-1)35-13-3-7-17-44(35)59(45)46-30-50-42(37-15-5-9-19-48(37)61-50)29-43(46)55-57-53(33-21-23-38-36-14-4-8-18-47(36)60-49(38)27-33)56-54(58-55)34-22-24-40-39-16-6-10-20-51(39)62-52(40)28-34/h1-30H. The minimum Gasteiger partial charge on any atom is -0.456 e. The Balaban J connectivity index is 1.08. The van der Waals surface area contributed by atoms with Crippen LogP contribution in [-0.2, 0) is 0 Å². The van der Waals surface area contributed by atoms with Gasteiger partial charge in [-0.05, 0) is 71.4 Å². The van der Waals surface area contributed by atoms with Gasteiger partial charge in [-0.2, -0.15) is 0 Å². The molecule has 0 unspecified atom stereocenters. The fraction of sp³-hybridized carbons (Fsp3) is 0. The molecule has 9 aromatic carbocycles. The van der Waals surface area contributed by atoms with E-state index in [9.17, 15) is 0 Å². The highest BCUT2D eigenvalue weighted by molar-refractivity contribution is 7.25. The number of hydrogen-bond donors (Lipinski definition) is 0. The molecule has 7 heteroatoms. The molecule has 0 atom stereocenters. The number of furan rings is 2. The summed E-state index contributed by atoms with van der Waals surface area (Å²) in [6.45, 7) is 0. The molecule has 0 bridgehead atoms. The molecule has 5 aromatic heterocycles. The van der Waals surface area contributed by atoms with E-state index in [2.05, 4.69) is 156 Å². The van der Waals surface area contributed by atoms with Crippen LogP contribution in [0.5, 0.6) is 0 Å². The van der Waals surface area contributed by atoms with Crippen molar-refractivity contribution < 1.29 is 8.83 Å². The Labute approximate surface area is 356 Å². The first-order valence-corrected chi connectivity index (χ1v) is 21.5. The Morgan fingerprint density at radius 1 is 0.355 bits per heavy atom. The molecule has 0 aliphatic rings. The third-order valence-electron chi connectivity index (χ3n) is 12.4. The molecule has 0 spiro atoms. The minimum atomic E-state index is 0.556. The van der Waals surface area contributed by atoms with Crippen molar-refractivity contribution in [3.8, 4) is 39.9 Å². The Morgan fingerprint density at radius 3 is 1.71 bits per heavy atom. The highest BCUT2D eigenvalue weighted by atomic mass is 32.1. The van der Waals surface area contributed by atoms with Crippen molar-refractivity contribution in [2.45, 2.75) is 0 Å². The van der Waals surface area contributed by atoms with Crippen molar-refractivity contribution in [2.24, 2.45) is 0 Å². The summed E-state index contributed by atoms with van der Waals surface area (Å²) in [6.07, 6.45) is 0. The molecule has 0 fully saturated rings. The molecule has 5 heterocycles. The number of rotatable bonds is 4. The molecular weight excluding hydrogens is 781 g/mol. The van der Waals surface area contributed by atoms with E-state index in [4.69, 9.17) is 23.8 Å². The van der Waals surface area contributed by atoms with E-state index in [1.165, 1.54) is 30.9 Å². The summed E-state index contributed by atoms with van der Waals surface area (Å²) in [5.74, 6) is 1.70. The average molecular weight is 811 g/mol. The molecule has 0 saturated carbocycles. The molecule has 14 aromatic rings. The van der Waals surface area contributed by atoms with Gasteiger partial charge in [0.25, 0.3) is 0 Å². The molecule has 0 saturated heterocycles. The van der Waals surface area contributed by atoms with Gasteiger partial charge in [0.2, 0.25) is 0 Å². The van der Waals surface area contributed by atoms with Crippen LogP contribution in [0.2, 0.25) is 0 Å². The fourth-order valence-electron chi connectivity index (χ4n) is 9.52. The molecule has 62 heavy (non-hydrogen) atoms. The van der Waals surface area contributed by atoms with Crippen LogP contribution in [0.25, 0.3) is 136 Å². The molecule has 0 aliphatic carbocycles. The second-order valence-corrected chi connectivity index (χ2v) is 17.0. The molecule has 0 aliphatic heterocycles. The van der Waals surface area contributed by atoms with Gasteiger partial charge in [0.15, 0.2) is 17.5 Å². The molecule has 6 nitrogen and oxygen atoms in total. The van der Waals surface area contributed by atoms with E-state index in [1.54, 1.807) is 11.3 Å². The number of hydrogen-bond acceptors (Lipinski definition) is 6. The van der Waals surface area contributed by atoms with E-state index >= 15 is 0 Å². The van der Waals surface area contributed by atoms with Crippen LogP contribution in [-0.4, -0.2) is 19.5 Å². The summed E-state index contributed by atoms with van der Waals surface area (Å²) in [7, 11) is 0. The quantitative estimate of drug-likeness (QED) is 0.177. The minimum absolute atomic E-state index is 0.556. The van der Waals surface area contributed by atoms with Gasteiger partial charge >= 0.3 is 0 Å². The first-order valence-electron chi connectivity index (χ1n) is 20.7. The molecule has 0 amide bonds. The van der Waals surface area contributed by atoms with Crippen molar-refractivity contribution in [3.63, 3.8) is 0 Å². The number of aromatic nitrogens is 4. The first-order chi connectivity index (χ1) is 30.7. The van der Waals surface area contributed by atoms with Gasteiger partial charge in [0, 0.05) is 75.2 Å². The Kier molecular flexibility index (Phi) is 6.89. The zero-order valence-electron chi connectivity index (χ0n) is 32.8. The lowest BCUT2D eigenvalue weighted by Crippen LogP contribution is -2.04. The van der Waals surface area contributed by atoms with E-state index in [-0.39, 0.29) is 0 Å². The molecule has 0 radical (unpaired) electrons. The zero-order valence-corrected chi connectivity index (χ0v) is 33.7. The Bertz CT molecular complexity index is 4060. The third-order valence-corrected chi connectivity index (χ3v) is 13.6. The van der Waals surface area contributed by atoms with Crippen LogP contribution >= 0.6 is 11.3 Å². The molecule has 14 rings (SSSR count). The topological polar surface area (TPSA) is 69.9 Å². The van der Waals surface area contributed by atoms with Gasteiger partial charge in [-0.3, -0.25) is 0 Å². The van der Waals surface area contributed by atoms with Crippen molar-refractivity contribution in [1.82, 2.24) is 19.5 Å². The van der Waals surface area contributed by atoms with Gasteiger partial charge in [-0.15, -0.1) is 11.3 Å². The lowest BCUT2D eigenvalue weighted by Gasteiger charge is -2.15. The summed E-state index contributed by atoms with van der Waals surface area (Å²) in [5.41, 5.74) is 8.93.